The summed E-state index contributed by atoms with van der Waals surface area (Å²) in [6.45, 7) is 16.3. The van der Waals surface area contributed by atoms with Gasteiger partial charge in [0.05, 0.1) is 23.2 Å². The predicted molar refractivity (Wildman–Crippen MR) is 179 cm³/mol. The summed E-state index contributed by atoms with van der Waals surface area (Å²) in [4.78, 5) is 12.5. The van der Waals surface area contributed by atoms with E-state index < -0.39 is 29.4 Å². The van der Waals surface area contributed by atoms with Crippen LogP contribution >= 0.6 is 0 Å². The van der Waals surface area contributed by atoms with Crippen LogP contribution in [0.1, 0.15) is 151 Å². The molecular formula is C40H66O6. The maximum absolute atomic E-state index is 12.5. The second kappa shape index (κ2) is 10.9. The molecule has 0 aromatic rings. The lowest BCUT2D eigenvalue weighted by atomic mass is 9.41. The lowest BCUT2D eigenvalue weighted by Gasteiger charge is -2.65. The van der Waals surface area contributed by atoms with Crippen molar-refractivity contribution in [1.82, 2.24) is 0 Å². The Hall–Kier alpha value is -0.690. The third-order valence-electron chi connectivity index (χ3n) is 17.3. The highest BCUT2D eigenvalue weighted by molar-refractivity contribution is 5.75. The van der Waals surface area contributed by atoms with E-state index in [9.17, 15) is 20.1 Å². The molecule has 1 saturated heterocycles. The maximum atomic E-state index is 12.5. The van der Waals surface area contributed by atoms with Gasteiger partial charge in [0.1, 0.15) is 6.10 Å². The van der Waals surface area contributed by atoms with Gasteiger partial charge in [-0.15, -0.1) is 0 Å². The quantitative estimate of drug-likeness (QED) is 0.252. The number of aliphatic hydroxyl groups excluding tert-OH is 2. The first-order chi connectivity index (χ1) is 21.5. The highest BCUT2D eigenvalue weighted by Crippen LogP contribution is 2.73. The van der Waals surface area contributed by atoms with E-state index >= 15 is 0 Å². The molecule has 0 aromatic carbocycles. The van der Waals surface area contributed by atoms with Crippen LogP contribution in [-0.4, -0.2) is 51.5 Å². The van der Waals surface area contributed by atoms with E-state index in [0.29, 0.717) is 23.2 Å². The van der Waals surface area contributed by atoms with Crippen LogP contribution in [0.25, 0.3) is 0 Å². The molecule has 0 amide bonds. The Balaban J connectivity index is 1.06. The Labute approximate surface area is 279 Å². The first-order valence-corrected chi connectivity index (χ1v) is 19.3. The number of carboxylic acids is 1. The average Bonchev–Trinajstić information content (AvgIpc) is 3.24. The van der Waals surface area contributed by atoms with E-state index in [1.54, 1.807) is 0 Å². The molecule has 0 radical (unpaired) electrons. The van der Waals surface area contributed by atoms with Crippen molar-refractivity contribution in [2.75, 3.05) is 6.61 Å². The van der Waals surface area contributed by atoms with Crippen LogP contribution < -0.4 is 0 Å². The minimum atomic E-state index is -0.917. The normalized spacial score (nSPS) is 54.0. The van der Waals surface area contributed by atoms with Crippen molar-refractivity contribution < 1.29 is 29.6 Å². The number of aliphatic carboxylic acids is 1. The molecule has 6 heteroatoms. The van der Waals surface area contributed by atoms with E-state index in [-0.39, 0.29) is 40.3 Å². The fraction of sp³-hybridized carbons (Fsp3) is 0.975. The fourth-order valence-electron chi connectivity index (χ4n) is 15.3. The summed E-state index contributed by atoms with van der Waals surface area (Å²) in [7, 11) is 0. The van der Waals surface area contributed by atoms with Gasteiger partial charge in [0.2, 0.25) is 0 Å². The first kappa shape index (κ1) is 33.8. The number of aliphatic hydroxyl groups is 2. The monoisotopic (exact) mass is 642 g/mol. The van der Waals surface area contributed by atoms with Crippen LogP contribution in [0.5, 0.6) is 0 Å². The van der Waals surface area contributed by atoms with Gasteiger partial charge in [-0.25, -0.2) is 0 Å². The number of fused-ring (bicyclic) bond motifs is 6. The van der Waals surface area contributed by atoms with Gasteiger partial charge in [-0.1, -0.05) is 40.5 Å². The Morgan fingerprint density at radius 1 is 0.761 bits per heavy atom. The standard InChI is InChI=1S/C40H66O6/c1-34(2)15-8-16-35(3)27(34)12-19-38(6)29(35)13-20-39(7,46-38)31(24-41)45-32(42)26-23-40-21-14-28-36(4,30(40)11-10-25(26)22-40)17-9-18-37(28,5)33(43)44/h25-32,41-42H,8-24H2,1-7H3,(H,43,44)/t25-,26?,27?,28?,29?,30?,31?,32?,35-,36+,37+,38+,39+,40-/m1/s1. The number of hydrogen-bond donors (Lipinski definition) is 3. The molecule has 1 spiro atoms. The molecule has 46 heavy (non-hydrogen) atoms. The van der Waals surface area contributed by atoms with Crippen molar-refractivity contribution in [3.8, 4) is 0 Å². The molecule has 0 aromatic heterocycles. The Bertz CT molecular complexity index is 1200. The van der Waals surface area contributed by atoms with Gasteiger partial charge < -0.3 is 24.8 Å². The predicted octanol–water partition coefficient (Wildman–Crippen LogP) is 8.37. The van der Waals surface area contributed by atoms with E-state index in [1.165, 1.54) is 25.7 Å². The molecule has 6 saturated carbocycles. The molecule has 6 nitrogen and oxygen atoms in total. The molecule has 6 aliphatic carbocycles. The molecule has 7 aliphatic rings. The van der Waals surface area contributed by atoms with Gasteiger partial charge in [-0.3, -0.25) is 4.79 Å². The molecule has 7 rings (SSSR count). The fourth-order valence-corrected chi connectivity index (χ4v) is 15.3. The number of carbonyl (C=O) groups is 1. The van der Waals surface area contributed by atoms with Crippen molar-refractivity contribution >= 4 is 5.97 Å². The smallest absolute Gasteiger partial charge is 0.309 e. The van der Waals surface area contributed by atoms with E-state index in [4.69, 9.17) is 9.47 Å². The molecule has 14 atom stereocenters. The molecule has 7 fully saturated rings. The second-order valence-corrected chi connectivity index (χ2v) is 20.0. The number of carboxylic acid groups (broad SMARTS) is 1. The zero-order chi connectivity index (χ0) is 33.1. The number of rotatable bonds is 6. The van der Waals surface area contributed by atoms with Gasteiger partial charge in [0, 0.05) is 5.92 Å². The van der Waals surface area contributed by atoms with Gasteiger partial charge in [-0.05, 0) is 162 Å². The summed E-state index contributed by atoms with van der Waals surface area (Å²) < 4.78 is 13.8. The van der Waals surface area contributed by atoms with Crippen LogP contribution in [-0.2, 0) is 14.3 Å². The summed E-state index contributed by atoms with van der Waals surface area (Å²) in [6, 6.07) is 0. The lowest BCUT2D eigenvalue weighted by Crippen LogP contribution is -2.65. The molecule has 3 N–H and O–H groups in total. The van der Waals surface area contributed by atoms with Crippen LogP contribution in [0, 0.1) is 62.6 Å². The van der Waals surface area contributed by atoms with E-state index in [0.717, 1.165) is 83.0 Å². The van der Waals surface area contributed by atoms with Crippen molar-refractivity contribution in [2.24, 2.45) is 62.6 Å². The highest BCUT2D eigenvalue weighted by atomic mass is 16.6. The second-order valence-electron chi connectivity index (χ2n) is 20.0. The van der Waals surface area contributed by atoms with Crippen molar-refractivity contribution in [1.29, 1.82) is 0 Å². The summed E-state index contributed by atoms with van der Waals surface area (Å²) in [6.07, 6.45) is 15.8. The third kappa shape index (κ3) is 4.71. The minimum Gasteiger partial charge on any atom is -0.481 e. The largest absolute Gasteiger partial charge is 0.481 e. The Morgan fingerprint density at radius 2 is 1.41 bits per heavy atom. The Kier molecular flexibility index (Phi) is 8.01. The zero-order valence-electron chi connectivity index (χ0n) is 30.2. The van der Waals surface area contributed by atoms with E-state index in [1.807, 2.05) is 6.92 Å². The van der Waals surface area contributed by atoms with Crippen molar-refractivity contribution in [2.45, 2.75) is 175 Å². The molecule has 262 valence electrons. The number of ether oxygens (including phenoxy) is 2. The maximum Gasteiger partial charge on any atom is 0.309 e. The molecule has 2 bridgehead atoms. The van der Waals surface area contributed by atoms with Gasteiger partial charge in [-0.2, -0.15) is 0 Å². The topological polar surface area (TPSA) is 96.2 Å². The highest BCUT2D eigenvalue weighted by Gasteiger charge is 2.67. The minimum absolute atomic E-state index is 0.0432. The summed E-state index contributed by atoms with van der Waals surface area (Å²) >= 11 is 0. The van der Waals surface area contributed by atoms with Crippen molar-refractivity contribution in [3.05, 3.63) is 0 Å². The molecular weight excluding hydrogens is 576 g/mol. The van der Waals surface area contributed by atoms with Crippen LogP contribution in [0.4, 0.5) is 0 Å². The average molecular weight is 643 g/mol. The molecule has 1 aliphatic heterocycles. The Morgan fingerprint density at radius 3 is 2.11 bits per heavy atom. The number of hydrogen-bond acceptors (Lipinski definition) is 5. The lowest BCUT2D eigenvalue weighted by molar-refractivity contribution is -0.311. The summed E-state index contributed by atoms with van der Waals surface area (Å²) in [5.41, 5.74) is -0.658. The van der Waals surface area contributed by atoms with E-state index in [2.05, 4.69) is 41.5 Å². The van der Waals surface area contributed by atoms with Gasteiger partial charge in [0.15, 0.2) is 6.29 Å². The molecule has 1 heterocycles. The zero-order valence-corrected chi connectivity index (χ0v) is 30.2. The first-order valence-electron chi connectivity index (χ1n) is 19.3. The summed E-state index contributed by atoms with van der Waals surface area (Å²) in [5, 5.41) is 33.0. The molecule has 7 unspecified atom stereocenters. The summed E-state index contributed by atoms with van der Waals surface area (Å²) in [5.74, 6) is 1.83. The van der Waals surface area contributed by atoms with Gasteiger partial charge in [0.25, 0.3) is 0 Å². The van der Waals surface area contributed by atoms with Crippen molar-refractivity contribution in [3.63, 3.8) is 0 Å². The van der Waals surface area contributed by atoms with Crippen LogP contribution in [0.2, 0.25) is 0 Å². The van der Waals surface area contributed by atoms with Crippen LogP contribution in [0.15, 0.2) is 0 Å². The van der Waals surface area contributed by atoms with Crippen LogP contribution in [0.3, 0.4) is 0 Å². The third-order valence-corrected chi connectivity index (χ3v) is 17.3. The van der Waals surface area contributed by atoms with Gasteiger partial charge >= 0.3 is 5.97 Å². The SMILES string of the molecule is CC1(C)CCC[C@]2(C)C1CC[C@]1(C)O[C@](C)(C(CO)OC(O)C3C[C@]45CCC6[C@](C)(CCC[C@]6(C)C(=O)O)C4CC[C@@H]3C5)CCC21.